The van der Waals surface area contributed by atoms with Gasteiger partial charge in [-0.05, 0) is 246 Å². The highest BCUT2D eigenvalue weighted by molar-refractivity contribution is 7.92. The van der Waals surface area contributed by atoms with E-state index in [4.69, 9.17) is 40.9 Å². The Bertz CT molecular complexity index is 6980. The maximum Gasteiger partial charge on any atom is 0.411 e. The van der Waals surface area contributed by atoms with Crippen LogP contribution in [-0.2, 0) is 72.4 Å². The van der Waals surface area contributed by atoms with Gasteiger partial charge in [0.2, 0.25) is 17.7 Å². The van der Waals surface area contributed by atoms with Crippen molar-refractivity contribution in [1.82, 2.24) is 29.7 Å². The quantitative estimate of drug-likeness (QED) is 0.0336. The number of hydrogen-bond donors (Lipinski definition) is 10. The first-order chi connectivity index (χ1) is 69.5. The molecule has 9 aromatic carbocycles. The molecule has 32 nitrogen and oxygen atoms in total. The first kappa shape index (κ1) is 113. The maximum absolute atomic E-state index is 15.6. The number of ether oxygens (including phenoxy) is 5. The van der Waals surface area contributed by atoms with Gasteiger partial charge in [0, 0.05) is 145 Å². The number of pyridine rings is 3. The molecule has 147 heavy (non-hydrogen) atoms. The number of hydrogen-bond acceptors (Lipinski definition) is 26. The van der Waals surface area contributed by atoms with Crippen LogP contribution < -0.4 is 58.6 Å². The van der Waals surface area contributed by atoms with Crippen molar-refractivity contribution < 1.29 is 107 Å². The second-order valence-electron chi connectivity index (χ2n) is 36.9. The molecule has 0 unspecified atom stereocenters. The summed E-state index contributed by atoms with van der Waals surface area (Å²) in [5, 5.41) is 30.2. The van der Waals surface area contributed by atoms with Gasteiger partial charge in [-0.1, -0.05) is 75.4 Å². The van der Waals surface area contributed by atoms with E-state index in [9.17, 15) is 65.5 Å². The van der Waals surface area contributed by atoms with Crippen LogP contribution in [0.15, 0.2) is 181 Å². The van der Waals surface area contributed by atoms with E-state index in [2.05, 4.69) is 46.9 Å². The fourth-order valence-electron chi connectivity index (χ4n) is 16.4. The molecule has 7 atom stereocenters. The number of halogens is 6. The number of ketones is 3. The van der Waals surface area contributed by atoms with Crippen molar-refractivity contribution in [3.8, 4) is 11.5 Å². The summed E-state index contributed by atoms with van der Waals surface area (Å²) in [6.07, 6.45) is 0.0861. The Morgan fingerprint density at radius 2 is 0.782 bits per heavy atom. The average molecular weight is 2050 g/mol. The number of nitrogen functional groups attached to an aromatic ring is 3. The Hall–Kier alpha value is -15.7. The van der Waals surface area contributed by atoms with Gasteiger partial charge in [-0.25, -0.2) is 64.1 Å². The zero-order chi connectivity index (χ0) is 108. The van der Waals surface area contributed by atoms with Gasteiger partial charge in [0.25, 0.3) is 0 Å². The molecule has 0 spiro atoms. The summed E-state index contributed by atoms with van der Waals surface area (Å²) in [5.74, 6) is -4.34. The third-order valence-electron chi connectivity index (χ3n) is 23.6. The molecule has 780 valence electrons. The van der Waals surface area contributed by atoms with Crippen LogP contribution >= 0.6 is 0 Å². The number of likely N-dealkylation sites (N-methyl/N-ethyl adjacent to an activating group) is 3. The van der Waals surface area contributed by atoms with E-state index in [1.807, 2.05) is 126 Å². The smallest absolute Gasteiger partial charge is 0.411 e. The van der Waals surface area contributed by atoms with Gasteiger partial charge in [0.1, 0.15) is 88.9 Å². The minimum absolute atomic E-state index is 0.00912. The zero-order valence-electron chi connectivity index (χ0n) is 84.9. The van der Waals surface area contributed by atoms with Crippen molar-refractivity contribution in [2.45, 2.75) is 182 Å². The fraction of sp³-hybridized carbons (Fsp3) is 0.333. The van der Waals surface area contributed by atoms with Gasteiger partial charge < -0.3 is 91.0 Å². The van der Waals surface area contributed by atoms with Gasteiger partial charge in [-0.3, -0.25) is 30.3 Å². The van der Waals surface area contributed by atoms with Gasteiger partial charge in [-0.2, -0.15) is 0 Å². The molecule has 0 aliphatic carbocycles. The van der Waals surface area contributed by atoms with E-state index < -0.39 is 117 Å². The number of fused-ring (bicyclic) bond motifs is 30. The van der Waals surface area contributed by atoms with Crippen LogP contribution in [-0.4, -0.2) is 175 Å². The van der Waals surface area contributed by atoms with Gasteiger partial charge in [0.15, 0.2) is 39.1 Å². The highest BCUT2D eigenvalue weighted by Crippen LogP contribution is 2.40. The van der Waals surface area contributed by atoms with Gasteiger partial charge in [0.05, 0.1) is 37.4 Å². The Morgan fingerprint density at radius 1 is 0.449 bits per heavy atom. The largest absolute Gasteiger partial charge is 0.485 e. The minimum atomic E-state index is -4.16. The van der Waals surface area contributed by atoms with E-state index in [0.717, 1.165) is 78.7 Å². The molecule has 3 aromatic heterocycles. The number of rotatable bonds is 15. The lowest BCUT2D eigenvalue weighted by atomic mass is 9.93. The van der Waals surface area contributed by atoms with Gasteiger partial charge >= 0.3 is 18.3 Å². The number of amides is 6. The predicted octanol–water partition coefficient (Wildman–Crippen LogP) is 19.8. The number of aliphatic hydroxyl groups excluding tert-OH is 1. The average Bonchev–Trinajstić information content (AvgIpc) is 0.826. The molecule has 39 heteroatoms. The lowest BCUT2D eigenvalue weighted by Crippen LogP contribution is -2.36. The molecule has 12 bridgehead atoms. The second kappa shape index (κ2) is 50.7. The summed E-state index contributed by atoms with van der Waals surface area (Å²) < 4.78 is 142. The molecule has 6 aliphatic heterocycles. The normalized spacial score (nSPS) is 16.8. The Kier molecular flexibility index (Phi) is 39.1. The Labute approximate surface area is 848 Å². The summed E-state index contributed by atoms with van der Waals surface area (Å²) in [5.41, 5.74) is 27.1. The van der Waals surface area contributed by atoms with Crippen LogP contribution in [0.3, 0.4) is 0 Å². The van der Waals surface area contributed by atoms with Crippen molar-refractivity contribution in [3.05, 3.63) is 266 Å². The van der Waals surface area contributed by atoms with Gasteiger partial charge in [-0.15, -0.1) is 0 Å². The number of carbonyl (C=O) groups excluding carboxylic acids is 9. The minimum Gasteiger partial charge on any atom is -0.485 e. The molecule has 6 amide bonds. The van der Waals surface area contributed by atoms with Crippen molar-refractivity contribution in [3.63, 3.8) is 0 Å². The van der Waals surface area contributed by atoms with E-state index in [1.54, 1.807) is 50.6 Å². The zero-order valence-corrected chi connectivity index (χ0v) is 85.7. The molecule has 13 N–H and O–H groups in total. The number of benzene rings is 9. The number of nitrogens with two attached hydrogens (primary N) is 3. The number of sulfone groups is 1. The molecule has 0 radical (unpaired) electrons. The first-order valence-electron chi connectivity index (χ1n) is 47.0. The van der Waals surface area contributed by atoms with Crippen LogP contribution in [0.25, 0.3) is 32.3 Å². The lowest BCUT2D eigenvalue weighted by molar-refractivity contribution is -0.132. The van der Waals surface area contributed by atoms with Crippen LogP contribution in [0.1, 0.15) is 186 Å². The highest BCUT2D eigenvalue weighted by atomic mass is 32.2. The van der Waals surface area contributed by atoms with E-state index >= 15 is 17.6 Å². The number of aryl methyl sites for hydroxylation is 3. The summed E-state index contributed by atoms with van der Waals surface area (Å²) in [4.78, 5) is 125. The SMILES string of the molecule is CC(C)=O.CC(C)=O.CC(C)=O.Cc1cc2ccc1[C@@H](C)COC(=O)Nc1cc(F)c(OC(CF)CF)c(c1)CN(C)C(=O)[C@@H]2Nc1ccc2c(N)nccc2c1.Cc1cc2ccc1[C@@H](C)COC(=O)Nc1cc(F)c(O[C@@H](C)CO)c(c1)CN(C)C(=O)[C@@H]2Nc1ccc2c(N)nccc2c1.Cc1cc2ccc1[C@@H](C)COC(=O)Nc1cc(F)c(S(=O)(=O)C(C)C)c(c1)CN(C)C(=O)[C@@H]2Nc1cc2ccnc(N)c2cc1F. The van der Waals surface area contributed by atoms with Crippen molar-refractivity contribution in [2.24, 2.45) is 0 Å². The summed E-state index contributed by atoms with van der Waals surface area (Å²) >= 11 is 0. The van der Waals surface area contributed by atoms with Crippen LogP contribution in [0.5, 0.6) is 11.5 Å². The molecule has 0 saturated heterocycles. The molecule has 6 aliphatic rings. The first-order valence-corrected chi connectivity index (χ1v) is 48.5. The van der Waals surface area contributed by atoms with E-state index in [-0.39, 0.29) is 138 Å². The number of aliphatic hydroxyl groups is 1. The van der Waals surface area contributed by atoms with Crippen LogP contribution in [0.4, 0.5) is 92.3 Å². The topological polar surface area (TPSA) is 453 Å². The molecular formula is C108H123F6N15O17S. The molecule has 12 aromatic rings. The van der Waals surface area contributed by atoms with Crippen LogP contribution in [0, 0.1) is 44.0 Å². The number of nitrogens with zero attached hydrogens (tertiary/aromatic N) is 6. The molecule has 0 fully saturated rings. The number of carbonyl (C=O) groups is 9. The number of alkyl halides is 2. The molecule has 18 rings (SSSR count). The molecule has 9 heterocycles. The Balaban J connectivity index is 0.000000213. The number of anilines is 9. The maximum atomic E-state index is 15.6. The summed E-state index contributed by atoms with van der Waals surface area (Å²) in [6, 6.07) is 40.3. The third kappa shape index (κ3) is 29.8. The molecule has 0 saturated carbocycles. The predicted molar refractivity (Wildman–Crippen MR) is 555 cm³/mol. The monoisotopic (exact) mass is 2050 g/mol. The molecular weight excluding hydrogens is 1930 g/mol. The van der Waals surface area contributed by atoms with Crippen LogP contribution in [0.2, 0.25) is 0 Å². The van der Waals surface area contributed by atoms with Crippen molar-refractivity contribution >= 4 is 147 Å². The second-order valence-corrected chi connectivity index (χ2v) is 39.3. The summed E-state index contributed by atoms with van der Waals surface area (Å²) in [7, 11) is 0.411. The lowest BCUT2D eigenvalue weighted by Gasteiger charge is -2.28. The highest BCUT2D eigenvalue weighted by Gasteiger charge is 2.36. The standard InChI is InChI=1S/C33H34F3N5O4.C33H35F2N5O5S.C33H36FN5O5.3C3H6O/c1-18-10-21-4-6-26(18)19(2)17-44-33(43)40-24-12-22(30(28(36)13-24)45-25(14-34)15-35)16-41(3)32(42)29(21)39-23-5-7-27-20(11-23)8-9-38-31(27)37;1-17(2)46(43,44)30-22-11-23(13-27(30)35)38-33(42)45-16-19(4)24-7-6-21(10-18(24)3)29(32(41)40(5)15-22)39-28-12-20-8-9-37-31(36)25(20)14-26(28)34;1-18-11-22-5-7-26(18)19(2)17-43-33(42)38-25-13-23(30(28(34)14-25)44-20(3)16-40)15-39(4)32(41)29(22)37-24-6-8-27-21(12-24)9-10-36-31(27)35;3*1-3(2)4/h4-13,19,25,29,39H,14-17H2,1-3H3,(H2,37,38)(H,40,43);6-14,17,19,29,39H,15-16H2,1-5H3,(H2,36,37)(H,38,42);5-14,19-20,29,37,40H,15-17H2,1-4H3,(H2,35,36)(H,38,42);3*1-2H3/t2*19-,29+;19-,20-,29+;;;/m000.../s1. The number of nitrogens with one attached hydrogen (secondary N) is 6. The van der Waals surface area contributed by atoms with Crippen molar-refractivity contribution in [1.29, 1.82) is 0 Å². The summed E-state index contributed by atoms with van der Waals surface area (Å²) in [6.45, 7) is 21.8. The number of aromatic nitrogens is 3. The van der Waals surface area contributed by atoms with E-state index in [0.29, 0.717) is 50.5 Å². The van der Waals surface area contributed by atoms with Crippen molar-refractivity contribution in [2.75, 3.05) is 110 Å². The number of Topliss-reactive ketones (excluding diaryl/α,β-unsaturated/α-hetero) is 3. The third-order valence-corrected chi connectivity index (χ3v) is 25.8. The fourth-order valence-corrected chi connectivity index (χ4v) is 17.7. The Morgan fingerprint density at radius 3 is 1.14 bits per heavy atom. The van der Waals surface area contributed by atoms with E-state index in [1.165, 1.54) is 121 Å².